The molecule has 0 unspecified atom stereocenters. The summed E-state index contributed by atoms with van der Waals surface area (Å²) in [5.74, 6) is -0.671. The van der Waals surface area contributed by atoms with Crippen LogP contribution in [-0.2, 0) is 26.2 Å². The number of sulfonamides is 1. The zero-order chi connectivity index (χ0) is 25.2. The number of rotatable bonds is 8. The van der Waals surface area contributed by atoms with Gasteiger partial charge in [-0.15, -0.1) is 0 Å². The molecule has 1 saturated heterocycles. The second-order valence-corrected chi connectivity index (χ2v) is 10.2. The molecular formula is C24H30N4O5S. The summed E-state index contributed by atoms with van der Waals surface area (Å²) in [7, 11) is -3.79. The second kappa shape index (κ2) is 9.94. The second-order valence-electron chi connectivity index (χ2n) is 8.49. The van der Waals surface area contributed by atoms with Crippen LogP contribution in [0.4, 0.5) is 10.5 Å². The molecule has 0 aromatic heterocycles. The Balaban J connectivity index is 1.61. The molecule has 0 bridgehead atoms. The fourth-order valence-corrected chi connectivity index (χ4v) is 5.64. The maximum absolute atomic E-state index is 13.0. The standard InChI is InChI=1S/C24H30N4O5S/c1-14-15(2)17(4)23(18(5)16(14)3)34(32,33)26-10-9-21(29)27-20-8-6-7-19(11-20)13-28-22(30)12-25-24(28)31/h6-8,11,26H,9-10,12-13H2,1-5H3,(H,25,31)(H,27,29). The summed E-state index contributed by atoms with van der Waals surface area (Å²) in [5, 5.41) is 5.19. The maximum Gasteiger partial charge on any atom is 0.324 e. The highest BCUT2D eigenvalue weighted by molar-refractivity contribution is 7.89. The number of carbonyl (C=O) groups is 3. The van der Waals surface area contributed by atoms with E-state index in [4.69, 9.17) is 0 Å². The highest BCUT2D eigenvalue weighted by atomic mass is 32.2. The van der Waals surface area contributed by atoms with Crippen molar-refractivity contribution < 1.29 is 22.8 Å². The molecule has 0 radical (unpaired) electrons. The molecule has 3 N–H and O–H groups in total. The van der Waals surface area contributed by atoms with E-state index in [0.29, 0.717) is 22.4 Å². The molecule has 0 spiro atoms. The minimum atomic E-state index is -3.79. The quantitative estimate of drug-likeness (QED) is 0.495. The van der Waals surface area contributed by atoms with Gasteiger partial charge in [-0.3, -0.25) is 14.5 Å². The molecule has 3 rings (SSSR count). The Bertz CT molecular complexity index is 1230. The summed E-state index contributed by atoms with van der Waals surface area (Å²) in [6.45, 7) is 9.40. The Morgan fingerprint density at radius 1 is 1.00 bits per heavy atom. The number of urea groups is 1. The molecule has 2 aromatic rings. The Labute approximate surface area is 200 Å². The number of amides is 4. The highest BCUT2D eigenvalue weighted by Gasteiger charge is 2.28. The van der Waals surface area contributed by atoms with Gasteiger partial charge in [-0.2, -0.15) is 0 Å². The van der Waals surface area contributed by atoms with Crippen LogP contribution >= 0.6 is 0 Å². The van der Waals surface area contributed by atoms with Crippen molar-refractivity contribution in [3.05, 3.63) is 57.6 Å². The van der Waals surface area contributed by atoms with Gasteiger partial charge in [-0.1, -0.05) is 12.1 Å². The van der Waals surface area contributed by atoms with Crippen LogP contribution in [0.5, 0.6) is 0 Å². The molecule has 1 fully saturated rings. The Morgan fingerprint density at radius 3 is 2.21 bits per heavy atom. The zero-order valence-corrected chi connectivity index (χ0v) is 20.9. The summed E-state index contributed by atoms with van der Waals surface area (Å²) < 4.78 is 28.5. The Morgan fingerprint density at radius 2 is 1.62 bits per heavy atom. The first-order chi connectivity index (χ1) is 15.9. The van der Waals surface area contributed by atoms with Gasteiger partial charge in [-0.05, 0) is 80.1 Å². The van der Waals surface area contributed by atoms with Gasteiger partial charge in [0.2, 0.25) is 21.8 Å². The summed E-state index contributed by atoms with van der Waals surface area (Å²) >= 11 is 0. The zero-order valence-electron chi connectivity index (χ0n) is 20.0. The third-order valence-corrected chi connectivity index (χ3v) is 8.07. The molecule has 1 heterocycles. The van der Waals surface area contributed by atoms with E-state index >= 15 is 0 Å². The third-order valence-electron chi connectivity index (χ3n) is 6.33. The van der Waals surface area contributed by atoms with Crippen LogP contribution in [0.1, 0.15) is 39.8 Å². The third kappa shape index (κ3) is 5.28. The molecule has 0 aliphatic carbocycles. The summed E-state index contributed by atoms with van der Waals surface area (Å²) in [5.41, 5.74) is 5.54. The van der Waals surface area contributed by atoms with Crippen LogP contribution in [-0.4, -0.2) is 44.3 Å². The summed E-state index contributed by atoms with van der Waals surface area (Å²) in [6.07, 6.45) is -0.0571. The fourth-order valence-electron chi connectivity index (χ4n) is 4.01. The van der Waals surface area contributed by atoms with E-state index in [2.05, 4.69) is 15.4 Å². The lowest BCUT2D eigenvalue weighted by Gasteiger charge is -2.19. The van der Waals surface area contributed by atoms with Crippen molar-refractivity contribution in [3.63, 3.8) is 0 Å². The van der Waals surface area contributed by atoms with Gasteiger partial charge < -0.3 is 10.6 Å². The number of imide groups is 1. The molecule has 9 nitrogen and oxygen atoms in total. The van der Waals surface area contributed by atoms with Gasteiger partial charge in [0.15, 0.2) is 0 Å². The van der Waals surface area contributed by atoms with E-state index in [1.54, 1.807) is 38.1 Å². The van der Waals surface area contributed by atoms with Crippen LogP contribution in [0.3, 0.4) is 0 Å². The number of nitrogens with one attached hydrogen (secondary N) is 3. The number of nitrogens with zero attached hydrogens (tertiary/aromatic N) is 1. The normalized spacial score (nSPS) is 13.9. The van der Waals surface area contributed by atoms with Crippen molar-refractivity contribution in [2.75, 3.05) is 18.4 Å². The number of benzene rings is 2. The van der Waals surface area contributed by atoms with Crippen LogP contribution in [0.15, 0.2) is 29.2 Å². The number of carbonyl (C=O) groups excluding carboxylic acids is 3. The lowest BCUT2D eigenvalue weighted by molar-refractivity contribution is -0.125. The summed E-state index contributed by atoms with van der Waals surface area (Å²) in [4.78, 5) is 37.3. The molecule has 2 aromatic carbocycles. The predicted octanol–water partition coefficient (Wildman–Crippen LogP) is 2.59. The largest absolute Gasteiger partial charge is 0.329 e. The predicted molar refractivity (Wildman–Crippen MR) is 129 cm³/mol. The van der Waals surface area contributed by atoms with E-state index in [-0.39, 0.29) is 42.8 Å². The smallest absolute Gasteiger partial charge is 0.324 e. The van der Waals surface area contributed by atoms with E-state index in [1.807, 2.05) is 20.8 Å². The molecule has 4 amide bonds. The lowest BCUT2D eigenvalue weighted by Crippen LogP contribution is -2.30. The number of hydrogen-bond donors (Lipinski definition) is 3. The van der Waals surface area contributed by atoms with Crippen LogP contribution in [0.25, 0.3) is 0 Å². The lowest BCUT2D eigenvalue weighted by atomic mass is 9.95. The van der Waals surface area contributed by atoms with Crippen molar-refractivity contribution in [1.82, 2.24) is 14.9 Å². The number of hydrogen-bond acceptors (Lipinski definition) is 5. The summed E-state index contributed by atoms with van der Waals surface area (Å²) in [6, 6.07) is 6.36. The highest BCUT2D eigenvalue weighted by Crippen LogP contribution is 2.29. The maximum atomic E-state index is 13.0. The molecule has 0 atom stereocenters. The molecule has 10 heteroatoms. The van der Waals surface area contributed by atoms with Crippen molar-refractivity contribution in [2.24, 2.45) is 0 Å². The van der Waals surface area contributed by atoms with E-state index in [0.717, 1.165) is 21.6 Å². The van der Waals surface area contributed by atoms with E-state index < -0.39 is 16.1 Å². The van der Waals surface area contributed by atoms with Crippen molar-refractivity contribution in [1.29, 1.82) is 0 Å². The topological polar surface area (TPSA) is 125 Å². The first-order valence-electron chi connectivity index (χ1n) is 11.0. The van der Waals surface area contributed by atoms with Crippen molar-refractivity contribution in [2.45, 2.75) is 52.5 Å². The molecule has 34 heavy (non-hydrogen) atoms. The van der Waals surface area contributed by atoms with Gasteiger partial charge in [0, 0.05) is 18.7 Å². The SMILES string of the molecule is Cc1c(C)c(C)c(S(=O)(=O)NCCC(=O)Nc2cccc(CN3C(=O)CNC3=O)c2)c(C)c1C. The molecular weight excluding hydrogens is 456 g/mol. The fraction of sp³-hybridized carbons (Fsp3) is 0.375. The van der Waals surface area contributed by atoms with Gasteiger partial charge in [0.05, 0.1) is 18.0 Å². The first kappa shape index (κ1) is 25.4. The van der Waals surface area contributed by atoms with E-state index in [9.17, 15) is 22.8 Å². The first-order valence-corrected chi connectivity index (χ1v) is 12.4. The Kier molecular flexibility index (Phi) is 7.42. The van der Waals surface area contributed by atoms with Crippen molar-refractivity contribution in [3.8, 4) is 0 Å². The molecule has 1 aliphatic heterocycles. The van der Waals surface area contributed by atoms with Gasteiger partial charge >= 0.3 is 6.03 Å². The molecule has 182 valence electrons. The van der Waals surface area contributed by atoms with E-state index in [1.165, 1.54) is 0 Å². The average Bonchev–Trinajstić information content (AvgIpc) is 3.08. The van der Waals surface area contributed by atoms with Gasteiger partial charge in [0.1, 0.15) is 0 Å². The van der Waals surface area contributed by atoms with Crippen molar-refractivity contribution >= 4 is 33.6 Å². The molecule has 0 saturated carbocycles. The number of anilines is 1. The van der Waals surface area contributed by atoms with Crippen LogP contribution in [0, 0.1) is 34.6 Å². The average molecular weight is 487 g/mol. The van der Waals surface area contributed by atoms with Crippen LogP contribution in [0.2, 0.25) is 0 Å². The van der Waals surface area contributed by atoms with Gasteiger partial charge in [0.25, 0.3) is 0 Å². The molecule has 1 aliphatic rings. The van der Waals surface area contributed by atoms with Gasteiger partial charge in [-0.25, -0.2) is 17.9 Å². The minimum absolute atomic E-state index is 0.0219. The monoisotopic (exact) mass is 486 g/mol. The Hall–Kier alpha value is -3.24. The minimum Gasteiger partial charge on any atom is -0.329 e. The van der Waals surface area contributed by atoms with Crippen LogP contribution < -0.4 is 15.4 Å².